The molecule has 0 fully saturated rings. The number of nitrogens with two attached hydrogens (primary N) is 1. The van der Waals surface area contributed by atoms with Crippen molar-refractivity contribution in [3.05, 3.63) is 0 Å². The Balaban J connectivity index is 2.93. The van der Waals surface area contributed by atoms with Crippen LogP contribution in [0.4, 0.5) is 0 Å². The molecule has 1 atom stereocenters. The Bertz CT molecular complexity index is 46.4. The number of hydrogen-bond donors (Lipinski definition) is 2. The lowest BCUT2D eigenvalue weighted by atomic mass is 10.5. The minimum atomic E-state index is -0.0857. The van der Waals surface area contributed by atoms with E-state index < -0.39 is 0 Å². The maximum absolute atomic E-state index is 5.30. The maximum Gasteiger partial charge on any atom is 0.0758 e. The second-order valence-electron chi connectivity index (χ2n) is 2.07. The molecule has 0 aliphatic heterocycles. The Morgan fingerprint density at radius 3 is 2.00 bits per heavy atom. The fourth-order valence-corrected chi connectivity index (χ4v) is 0.243. The van der Waals surface area contributed by atoms with Crippen LogP contribution >= 0.6 is 0 Å². The van der Waals surface area contributed by atoms with E-state index in [2.05, 4.69) is 5.48 Å². The van der Waals surface area contributed by atoms with Gasteiger partial charge in [0.2, 0.25) is 0 Å². The van der Waals surface area contributed by atoms with Gasteiger partial charge in [-0.3, -0.25) is 4.84 Å². The van der Waals surface area contributed by atoms with Crippen molar-refractivity contribution in [3.63, 3.8) is 0 Å². The molecule has 0 rings (SSSR count). The van der Waals surface area contributed by atoms with Crippen LogP contribution in [0.25, 0.3) is 0 Å². The zero-order valence-corrected chi connectivity index (χ0v) is 5.64. The van der Waals surface area contributed by atoms with Crippen LogP contribution in [0.1, 0.15) is 20.8 Å². The van der Waals surface area contributed by atoms with Crippen molar-refractivity contribution in [2.75, 3.05) is 0 Å². The summed E-state index contributed by atoms with van der Waals surface area (Å²) in [6.45, 7) is 5.70. The smallest absolute Gasteiger partial charge is 0.0758 e. The lowest BCUT2D eigenvalue weighted by molar-refractivity contribution is -0.0214. The number of hydrogen-bond acceptors (Lipinski definition) is 3. The molecule has 3 heteroatoms. The second-order valence-corrected chi connectivity index (χ2v) is 2.07. The molecule has 0 saturated heterocycles. The van der Waals surface area contributed by atoms with E-state index in [0.717, 1.165) is 0 Å². The van der Waals surface area contributed by atoms with Gasteiger partial charge in [-0.25, -0.2) is 0 Å². The minimum absolute atomic E-state index is 0.0857. The van der Waals surface area contributed by atoms with E-state index in [1.165, 1.54) is 0 Å². The van der Waals surface area contributed by atoms with Gasteiger partial charge >= 0.3 is 0 Å². The van der Waals surface area contributed by atoms with E-state index >= 15 is 0 Å². The van der Waals surface area contributed by atoms with Crippen LogP contribution in [0.5, 0.6) is 0 Å². The van der Waals surface area contributed by atoms with Crippen molar-refractivity contribution < 1.29 is 4.84 Å². The van der Waals surface area contributed by atoms with E-state index in [1.54, 1.807) is 0 Å². The summed E-state index contributed by atoms with van der Waals surface area (Å²) in [6, 6.07) is 0. The summed E-state index contributed by atoms with van der Waals surface area (Å²) >= 11 is 0. The molecular formula is C5H14N2O. The summed E-state index contributed by atoms with van der Waals surface area (Å²) in [7, 11) is 0. The lowest BCUT2D eigenvalue weighted by Crippen LogP contribution is -2.35. The summed E-state index contributed by atoms with van der Waals surface area (Å²) in [5, 5.41) is 0. The highest BCUT2D eigenvalue weighted by atomic mass is 16.7. The molecule has 0 heterocycles. The first-order valence-corrected chi connectivity index (χ1v) is 2.79. The molecule has 0 radical (unpaired) electrons. The molecule has 0 aromatic heterocycles. The topological polar surface area (TPSA) is 47.3 Å². The van der Waals surface area contributed by atoms with Gasteiger partial charge in [0.25, 0.3) is 0 Å². The molecule has 0 aromatic rings. The third-order valence-electron chi connectivity index (χ3n) is 0.490. The molecule has 0 spiro atoms. The fourth-order valence-electron chi connectivity index (χ4n) is 0.243. The third kappa shape index (κ3) is 5.88. The summed E-state index contributed by atoms with van der Waals surface area (Å²) in [6.07, 6.45) is 0.110. The van der Waals surface area contributed by atoms with E-state index in [4.69, 9.17) is 10.6 Å². The molecule has 0 amide bonds. The monoisotopic (exact) mass is 118 g/mol. The van der Waals surface area contributed by atoms with E-state index in [1.807, 2.05) is 20.8 Å². The fraction of sp³-hybridized carbons (Fsp3) is 1.00. The first-order valence-electron chi connectivity index (χ1n) is 2.79. The van der Waals surface area contributed by atoms with Crippen LogP contribution in [0.15, 0.2) is 0 Å². The van der Waals surface area contributed by atoms with Gasteiger partial charge in [0.05, 0.1) is 12.3 Å². The van der Waals surface area contributed by atoms with Crippen molar-refractivity contribution in [2.24, 2.45) is 5.73 Å². The van der Waals surface area contributed by atoms with Gasteiger partial charge in [0.1, 0.15) is 0 Å². The summed E-state index contributed by atoms with van der Waals surface area (Å²) < 4.78 is 0. The molecule has 0 aromatic carbocycles. The van der Waals surface area contributed by atoms with Crippen LogP contribution in [0.3, 0.4) is 0 Å². The zero-order chi connectivity index (χ0) is 6.57. The van der Waals surface area contributed by atoms with Crippen LogP contribution in [-0.2, 0) is 4.84 Å². The summed E-state index contributed by atoms with van der Waals surface area (Å²) in [4.78, 5) is 4.93. The Kier molecular flexibility index (Phi) is 3.77. The average molecular weight is 118 g/mol. The van der Waals surface area contributed by atoms with Gasteiger partial charge in [-0.2, -0.15) is 5.48 Å². The normalized spacial score (nSPS) is 14.6. The van der Waals surface area contributed by atoms with Gasteiger partial charge in [0.15, 0.2) is 0 Å². The van der Waals surface area contributed by atoms with Crippen molar-refractivity contribution in [1.29, 1.82) is 0 Å². The maximum atomic E-state index is 5.30. The molecule has 0 saturated carbocycles. The molecule has 3 N–H and O–H groups in total. The van der Waals surface area contributed by atoms with Gasteiger partial charge in [0, 0.05) is 0 Å². The second kappa shape index (κ2) is 3.83. The molecule has 0 aliphatic carbocycles. The Morgan fingerprint density at radius 2 is 1.88 bits per heavy atom. The summed E-state index contributed by atoms with van der Waals surface area (Å²) in [5.41, 5.74) is 7.93. The predicted octanol–water partition coefficient (Wildman–Crippen LogP) is 0.221. The molecule has 50 valence electrons. The van der Waals surface area contributed by atoms with Crippen LogP contribution in [0, 0.1) is 0 Å². The molecular weight excluding hydrogens is 104 g/mol. The molecule has 8 heavy (non-hydrogen) atoms. The summed E-state index contributed by atoms with van der Waals surface area (Å²) in [5.74, 6) is 0. The van der Waals surface area contributed by atoms with Crippen molar-refractivity contribution >= 4 is 0 Å². The van der Waals surface area contributed by atoms with Crippen LogP contribution in [-0.4, -0.2) is 12.3 Å². The minimum Gasteiger partial charge on any atom is -0.314 e. The van der Waals surface area contributed by atoms with E-state index in [-0.39, 0.29) is 12.3 Å². The van der Waals surface area contributed by atoms with Gasteiger partial charge in [-0.05, 0) is 20.8 Å². The number of nitrogens with one attached hydrogen (secondary N) is 1. The van der Waals surface area contributed by atoms with E-state index in [0.29, 0.717) is 0 Å². The third-order valence-corrected chi connectivity index (χ3v) is 0.490. The SMILES string of the molecule is CC(N)NOC(C)C. The average Bonchev–Trinajstić information content (AvgIpc) is 1.61. The van der Waals surface area contributed by atoms with E-state index in [9.17, 15) is 0 Å². The first kappa shape index (κ1) is 7.88. The standard InChI is InChI=1S/C5H14N2O/c1-4(2)8-7-5(3)6/h4-5,7H,6H2,1-3H3. The molecule has 1 unspecified atom stereocenters. The molecule has 0 bridgehead atoms. The quantitative estimate of drug-likeness (QED) is 0.411. The van der Waals surface area contributed by atoms with Crippen LogP contribution in [0.2, 0.25) is 0 Å². The Morgan fingerprint density at radius 1 is 1.38 bits per heavy atom. The Labute approximate surface area is 50.2 Å². The number of rotatable bonds is 3. The first-order chi connectivity index (χ1) is 3.63. The number of hydroxylamine groups is 1. The van der Waals surface area contributed by atoms with Gasteiger partial charge in [-0.1, -0.05) is 0 Å². The van der Waals surface area contributed by atoms with Crippen LogP contribution < -0.4 is 11.2 Å². The molecule has 0 aliphatic rings. The molecule has 3 nitrogen and oxygen atoms in total. The highest BCUT2D eigenvalue weighted by Gasteiger charge is 1.93. The van der Waals surface area contributed by atoms with Gasteiger partial charge in [-0.15, -0.1) is 0 Å². The van der Waals surface area contributed by atoms with Crippen molar-refractivity contribution in [1.82, 2.24) is 5.48 Å². The Hall–Kier alpha value is -0.120. The van der Waals surface area contributed by atoms with Gasteiger partial charge < -0.3 is 5.73 Å². The predicted molar refractivity (Wildman–Crippen MR) is 33.0 cm³/mol. The zero-order valence-electron chi connectivity index (χ0n) is 5.64. The van der Waals surface area contributed by atoms with Crippen molar-refractivity contribution in [2.45, 2.75) is 33.0 Å². The highest BCUT2D eigenvalue weighted by molar-refractivity contribution is 4.38. The largest absolute Gasteiger partial charge is 0.314 e. The lowest BCUT2D eigenvalue weighted by Gasteiger charge is -2.10. The highest BCUT2D eigenvalue weighted by Crippen LogP contribution is 1.81. The van der Waals surface area contributed by atoms with Crippen molar-refractivity contribution in [3.8, 4) is 0 Å².